The molecule has 2 amide bonds. The zero-order valence-electron chi connectivity index (χ0n) is 16.6. The van der Waals surface area contributed by atoms with Crippen LogP contribution in [-0.4, -0.2) is 37.7 Å². The molecule has 2 unspecified atom stereocenters. The first kappa shape index (κ1) is 20.5. The number of benzene rings is 2. The van der Waals surface area contributed by atoms with E-state index in [9.17, 15) is 4.79 Å². The van der Waals surface area contributed by atoms with Gasteiger partial charge >= 0.3 is 6.03 Å². The fourth-order valence-electron chi connectivity index (χ4n) is 2.82. The topological polar surface area (TPSA) is 96.0 Å². The van der Waals surface area contributed by atoms with Crippen molar-refractivity contribution < 1.29 is 14.3 Å². The van der Waals surface area contributed by atoms with Crippen LogP contribution in [0.1, 0.15) is 25.0 Å². The predicted octanol–water partition coefficient (Wildman–Crippen LogP) is 2.16. The van der Waals surface area contributed by atoms with Crippen molar-refractivity contribution in [3.05, 3.63) is 59.7 Å². The van der Waals surface area contributed by atoms with Crippen LogP contribution < -0.4 is 31.1 Å². The summed E-state index contributed by atoms with van der Waals surface area (Å²) in [5, 5.41) is 6.98. The van der Waals surface area contributed by atoms with Crippen molar-refractivity contribution in [3.63, 3.8) is 0 Å². The average Bonchev–Trinajstić information content (AvgIpc) is 2.73. The Kier molecular flexibility index (Phi) is 7.29. The average molecular weight is 397 g/mol. The molecule has 4 N–H and O–H groups in total. The smallest absolute Gasteiger partial charge is 0.330 e. The number of carbonyl (C=O) groups excluding carboxylic acids is 1. The molecule has 1 aliphatic rings. The van der Waals surface area contributed by atoms with Crippen LogP contribution in [0.25, 0.3) is 0 Å². The third-order valence-corrected chi connectivity index (χ3v) is 4.39. The maximum Gasteiger partial charge on any atom is 0.330 e. The van der Waals surface area contributed by atoms with Crippen LogP contribution in [-0.2, 0) is 6.42 Å². The zero-order valence-corrected chi connectivity index (χ0v) is 16.6. The van der Waals surface area contributed by atoms with E-state index in [2.05, 4.69) is 38.8 Å². The van der Waals surface area contributed by atoms with E-state index in [1.807, 2.05) is 50.2 Å². The highest BCUT2D eigenvalue weighted by Crippen LogP contribution is 2.28. The van der Waals surface area contributed by atoms with Crippen molar-refractivity contribution in [2.45, 2.75) is 32.5 Å². The molecule has 2 aromatic carbocycles. The summed E-state index contributed by atoms with van der Waals surface area (Å²) in [7, 11) is 0. The number of hydrazine groups is 1. The van der Waals surface area contributed by atoms with E-state index in [1.165, 1.54) is 5.56 Å². The van der Waals surface area contributed by atoms with Crippen LogP contribution in [0, 0.1) is 0 Å². The first-order valence-corrected chi connectivity index (χ1v) is 9.70. The molecular weight excluding hydrogens is 370 g/mol. The Morgan fingerprint density at radius 2 is 1.97 bits per heavy atom. The Bertz CT molecular complexity index is 828. The Hall–Kier alpha value is -3.26. The van der Waals surface area contributed by atoms with E-state index >= 15 is 0 Å². The molecular formula is C21H27N5O3. The number of urea groups is 1. The van der Waals surface area contributed by atoms with Gasteiger partial charge < -0.3 is 14.8 Å². The minimum Gasteiger partial charge on any atom is -0.490 e. The molecule has 0 bridgehead atoms. The van der Waals surface area contributed by atoms with Gasteiger partial charge in [-0.25, -0.2) is 10.2 Å². The molecule has 0 saturated carbocycles. The minimum atomic E-state index is -0.313. The quantitative estimate of drug-likeness (QED) is 0.384. The van der Waals surface area contributed by atoms with Crippen LogP contribution >= 0.6 is 0 Å². The number of hydrazone groups is 1. The van der Waals surface area contributed by atoms with Gasteiger partial charge in [0, 0.05) is 6.42 Å². The van der Waals surface area contributed by atoms with Crippen molar-refractivity contribution in [1.29, 1.82) is 0 Å². The molecule has 1 aliphatic heterocycles. The Morgan fingerprint density at radius 1 is 1.14 bits per heavy atom. The van der Waals surface area contributed by atoms with Crippen LogP contribution in [0.2, 0.25) is 0 Å². The molecule has 2 atom stereocenters. The third kappa shape index (κ3) is 6.11. The van der Waals surface area contributed by atoms with Gasteiger partial charge in [0.15, 0.2) is 11.5 Å². The lowest BCUT2D eigenvalue weighted by Gasteiger charge is -2.30. The summed E-state index contributed by atoms with van der Waals surface area (Å²) in [4.78, 5) is 11.4. The molecule has 154 valence electrons. The molecule has 0 radical (unpaired) electrons. The Balaban J connectivity index is 1.58. The number of hydrogen-bond acceptors (Lipinski definition) is 6. The molecule has 8 nitrogen and oxygen atoms in total. The van der Waals surface area contributed by atoms with Gasteiger partial charge in [0.2, 0.25) is 0 Å². The normalized spacial score (nSPS) is 18.8. The van der Waals surface area contributed by atoms with E-state index in [0.717, 1.165) is 12.0 Å². The highest BCUT2D eigenvalue weighted by Gasteiger charge is 2.23. The minimum absolute atomic E-state index is 0.0239. The number of nitrogens with zero attached hydrogens (tertiary/aromatic N) is 1. The number of rotatable bonds is 9. The third-order valence-electron chi connectivity index (χ3n) is 4.39. The maximum atomic E-state index is 11.4. The highest BCUT2D eigenvalue weighted by molar-refractivity contribution is 5.80. The SMILES string of the molecule is CCOc1cc(/C=N/NC2NC(=O)NNC2C)ccc1OCCc1ccccc1. The van der Waals surface area contributed by atoms with Gasteiger partial charge in [-0.15, -0.1) is 0 Å². The summed E-state index contributed by atoms with van der Waals surface area (Å²) in [5.41, 5.74) is 10.4. The fourth-order valence-corrected chi connectivity index (χ4v) is 2.82. The summed E-state index contributed by atoms with van der Waals surface area (Å²) in [5.74, 6) is 1.38. The molecule has 0 spiro atoms. The number of nitrogens with one attached hydrogen (secondary N) is 4. The standard InChI is InChI=1S/C21H27N5O3/c1-3-28-19-13-17(14-22-25-20-15(2)24-26-21(27)23-20)9-10-18(19)29-12-11-16-7-5-4-6-8-16/h4-10,13-15,20,24-25H,3,11-12H2,1-2H3,(H2,23,26,27)/b22-14+. The van der Waals surface area contributed by atoms with E-state index in [0.29, 0.717) is 24.7 Å². The molecule has 0 aliphatic carbocycles. The van der Waals surface area contributed by atoms with Gasteiger partial charge in [0.05, 0.1) is 25.5 Å². The second-order valence-corrected chi connectivity index (χ2v) is 6.62. The van der Waals surface area contributed by atoms with Gasteiger partial charge in [-0.1, -0.05) is 30.3 Å². The molecule has 29 heavy (non-hydrogen) atoms. The second-order valence-electron chi connectivity index (χ2n) is 6.62. The van der Waals surface area contributed by atoms with Gasteiger partial charge in [-0.05, 0) is 43.2 Å². The molecule has 0 aromatic heterocycles. The van der Waals surface area contributed by atoms with Crippen molar-refractivity contribution in [2.24, 2.45) is 5.10 Å². The van der Waals surface area contributed by atoms with Crippen molar-refractivity contribution in [2.75, 3.05) is 13.2 Å². The molecule has 1 fully saturated rings. The van der Waals surface area contributed by atoms with Crippen LogP contribution in [0.4, 0.5) is 4.79 Å². The van der Waals surface area contributed by atoms with Gasteiger partial charge in [0.25, 0.3) is 0 Å². The number of ether oxygens (including phenoxy) is 2. The lowest BCUT2D eigenvalue weighted by Crippen LogP contribution is -2.67. The van der Waals surface area contributed by atoms with Crippen molar-refractivity contribution in [3.8, 4) is 11.5 Å². The van der Waals surface area contributed by atoms with Gasteiger partial charge in [-0.2, -0.15) is 5.10 Å². The molecule has 1 saturated heterocycles. The fraction of sp³-hybridized carbons (Fsp3) is 0.333. The molecule has 1 heterocycles. The lowest BCUT2D eigenvalue weighted by atomic mass is 10.2. The Morgan fingerprint density at radius 3 is 2.76 bits per heavy atom. The first-order chi connectivity index (χ1) is 14.2. The van der Waals surface area contributed by atoms with Crippen LogP contribution in [0.3, 0.4) is 0 Å². The summed E-state index contributed by atoms with van der Waals surface area (Å²) >= 11 is 0. The van der Waals surface area contributed by atoms with E-state index in [4.69, 9.17) is 9.47 Å². The number of amides is 2. The van der Waals surface area contributed by atoms with Gasteiger partial charge in [-0.3, -0.25) is 10.9 Å². The van der Waals surface area contributed by atoms with Gasteiger partial charge in [0.1, 0.15) is 6.17 Å². The second kappa shape index (κ2) is 10.3. The summed E-state index contributed by atoms with van der Waals surface area (Å²) in [6, 6.07) is 15.6. The largest absolute Gasteiger partial charge is 0.490 e. The number of hydrogen-bond donors (Lipinski definition) is 4. The van der Waals surface area contributed by atoms with E-state index < -0.39 is 0 Å². The van der Waals surface area contributed by atoms with Crippen molar-refractivity contribution >= 4 is 12.2 Å². The van der Waals surface area contributed by atoms with Crippen LogP contribution in [0.15, 0.2) is 53.6 Å². The van der Waals surface area contributed by atoms with Crippen LogP contribution in [0.5, 0.6) is 11.5 Å². The highest BCUT2D eigenvalue weighted by atomic mass is 16.5. The molecule has 2 aromatic rings. The lowest BCUT2D eigenvalue weighted by molar-refractivity contribution is 0.202. The zero-order chi connectivity index (χ0) is 20.5. The molecule has 8 heteroatoms. The summed E-state index contributed by atoms with van der Waals surface area (Å²) < 4.78 is 11.7. The van der Waals surface area contributed by atoms with E-state index in [1.54, 1.807) is 6.21 Å². The monoisotopic (exact) mass is 397 g/mol. The summed E-state index contributed by atoms with van der Waals surface area (Å²) in [6.45, 7) is 4.97. The Labute approximate surface area is 170 Å². The van der Waals surface area contributed by atoms with E-state index in [-0.39, 0.29) is 18.2 Å². The molecule has 3 rings (SSSR count). The number of carbonyl (C=O) groups is 1. The predicted molar refractivity (Wildman–Crippen MR) is 112 cm³/mol. The summed E-state index contributed by atoms with van der Waals surface area (Å²) in [6.07, 6.45) is 2.19. The first-order valence-electron chi connectivity index (χ1n) is 9.70. The maximum absolute atomic E-state index is 11.4. The van der Waals surface area contributed by atoms with Crippen molar-refractivity contribution in [1.82, 2.24) is 21.6 Å².